The molecule has 0 radical (unpaired) electrons. The van der Waals surface area contributed by atoms with Gasteiger partial charge in [0.25, 0.3) is 0 Å². The Morgan fingerprint density at radius 1 is 1.10 bits per heavy atom. The highest BCUT2D eigenvalue weighted by atomic mass is 16.2. The first-order valence-corrected chi connectivity index (χ1v) is 6.23. The fraction of sp³-hybridized carbons (Fsp3) is 0.200. The summed E-state index contributed by atoms with van der Waals surface area (Å²) >= 11 is 0. The van der Waals surface area contributed by atoms with Crippen LogP contribution in [0.25, 0.3) is 0 Å². The van der Waals surface area contributed by atoms with Crippen molar-refractivity contribution < 1.29 is 9.59 Å². The van der Waals surface area contributed by atoms with Crippen molar-refractivity contribution in [1.29, 1.82) is 0 Å². The number of anilines is 2. The Balaban J connectivity index is 2.56. The van der Waals surface area contributed by atoms with E-state index < -0.39 is 0 Å². The first-order valence-electron chi connectivity index (χ1n) is 6.23. The Labute approximate surface area is 118 Å². The van der Waals surface area contributed by atoms with Gasteiger partial charge in [0.1, 0.15) is 0 Å². The Hall–Kier alpha value is -2.56. The van der Waals surface area contributed by atoms with E-state index in [0.717, 1.165) is 5.57 Å². The van der Waals surface area contributed by atoms with Crippen LogP contribution in [0.5, 0.6) is 0 Å². The fourth-order valence-corrected chi connectivity index (χ4v) is 1.42. The largest absolute Gasteiger partial charge is 0.334 e. The SMILES string of the molecule is C=CCNC(=O)Nc1ccc(NC(=O)C=C(C)C)cc1. The number of carbonyl (C=O) groups is 2. The van der Waals surface area contributed by atoms with Crippen molar-refractivity contribution in [3.63, 3.8) is 0 Å². The van der Waals surface area contributed by atoms with Crippen LogP contribution in [-0.2, 0) is 4.79 Å². The summed E-state index contributed by atoms with van der Waals surface area (Å²) in [5.41, 5.74) is 2.25. The Kier molecular flexibility index (Phi) is 6.03. The summed E-state index contributed by atoms with van der Waals surface area (Å²) in [6, 6.07) is 6.57. The van der Waals surface area contributed by atoms with Crippen molar-refractivity contribution in [2.45, 2.75) is 13.8 Å². The van der Waals surface area contributed by atoms with Crippen LogP contribution in [0.2, 0.25) is 0 Å². The molecule has 3 amide bonds. The number of carbonyl (C=O) groups excluding carboxylic acids is 2. The zero-order valence-corrected chi connectivity index (χ0v) is 11.7. The molecule has 20 heavy (non-hydrogen) atoms. The lowest BCUT2D eigenvalue weighted by atomic mass is 10.2. The molecule has 1 aromatic carbocycles. The van der Waals surface area contributed by atoms with E-state index in [9.17, 15) is 9.59 Å². The summed E-state index contributed by atoms with van der Waals surface area (Å²) < 4.78 is 0. The van der Waals surface area contributed by atoms with E-state index in [1.54, 1.807) is 30.3 Å². The van der Waals surface area contributed by atoms with Crippen molar-refractivity contribution in [1.82, 2.24) is 5.32 Å². The topological polar surface area (TPSA) is 70.2 Å². The molecule has 0 fully saturated rings. The molecule has 0 atom stereocenters. The van der Waals surface area contributed by atoms with E-state index in [1.807, 2.05) is 13.8 Å². The minimum Gasteiger partial charge on any atom is -0.334 e. The van der Waals surface area contributed by atoms with Crippen LogP contribution in [0, 0.1) is 0 Å². The van der Waals surface area contributed by atoms with Crippen molar-refractivity contribution in [3.8, 4) is 0 Å². The van der Waals surface area contributed by atoms with Crippen molar-refractivity contribution >= 4 is 23.3 Å². The second kappa shape index (κ2) is 7.78. The third-order valence-electron chi connectivity index (χ3n) is 2.24. The average Bonchev–Trinajstić information content (AvgIpc) is 2.37. The van der Waals surface area contributed by atoms with Crippen LogP contribution in [0.15, 0.2) is 48.6 Å². The lowest BCUT2D eigenvalue weighted by Crippen LogP contribution is -2.28. The third kappa shape index (κ3) is 5.86. The van der Waals surface area contributed by atoms with Crippen molar-refractivity contribution in [3.05, 3.63) is 48.6 Å². The standard InChI is InChI=1S/C15H19N3O2/c1-4-9-16-15(20)18-13-7-5-12(6-8-13)17-14(19)10-11(2)3/h4-8,10H,1,9H2,2-3H3,(H,17,19)(H2,16,18,20). The maximum atomic E-state index is 11.5. The van der Waals surface area contributed by atoms with Crippen LogP contribution in [0.3, 0.4) is 0 Å². The van der Waals surface area contributed by atoms with Gasteiger partial charge in [-0.25, -0.2) is 4.79 Å². The van der Waals surface area contributed by atoms with Crippen LogP contribution >= 0.6 is 0 Å². The molecule has 1 rings (SSSR count). The van der Waals surface area contributed by atoms with Crippen LogP contribution in [0.1, 0.15) is 13.8 Å². The lowest BCUT2D eigenvalue weighted by molar-refractivity contribution is -0.111. The molecule has 0 unspecified atom stereocenters. The molecule has 0 bridgehead atoms. The molecule has 1 aromatic rings. The Morgan fingerprint density at radius 3 is 2.15 bits per heavy atom. The fourth-order valence-electron chi connectivity index (χ4n) is 1.42. The summed E-state index contributed by atoms with van der Waals surface area (Å²) in [5, 5.41) is 8.00. The zero-order chi connectivity index (χ0) is 15.0. The predicted octanol–water partition coefficient (Wildman–Crippen LogP) is 2.90. The molecule has 106 valence electrons. The molecule has 0 saturated heterocycles. The second-order valence-electron chi connectivity index (χ2n) is 4.41. The maximum Gasteiger partial charge on any atom is 0.319 e. The van der Waals surface area contributed by atoms with Crippen molar-refractivity contribution in [2.24, 2.45) is 0 Å². The summed E-state index contributed by atoms with van der Waals surface area (Å²) in [4.78, 5) is 22.9. The highest BCUT2D eigenvalue weighted by Crippen LogP contribution is 2.13. The summed E-state index contributed by atoms with van der Waals surface area (Å²) in [6.45, 7) is 7.63. The number of rotatable bonds is 5. The monoisotopic (exact) mass is 273 g/mol. The zero-order valence-electron chi connectivity index (χ0n) is 11.7. The molecule has 0 aromatic heterocycles. The molecule has 5 nitrogen and oxygen atoms in total. The molecule has 3 N–H and O–H groups in total. The maximum absolute atomic E-state index is 11.5. The van der Waals surface area contributed by atoms with Crippen LogP contribution in [-0.4, -0.2) is 18.5 Å². The van der Waals surface area contributed by atoms with Gasteiger partial charge in [0.05, 0.1) is 0 Å². The van der Waals surface area contributed by atoms with Gasteiger partial charge < -0.3 is 16.0 Å². The molecular weight excluding hydrogens is 254 g/mol. The van der Waals surface area contributed by atoms with Gasteiger partial charge in [0.2, 0.25) is 5.91 Å². The molecular formula is C15H19N3O2. The molecule has 0 aliphatic rings. The second-order valence-corrected chi connectivity index (χ2v) is 4.41. The summed E-state index contributed by atoms with van der Waals surface area (Å²) in [6.07, 6.45) is 3.12. The third-order valence-corrected chi connectivity index (χ3v) is 2.24. The quantitative estimate of drug-likeness (QED) is 0.570. The van der Waals surface area contributed by atoms with Gasteiger partial charge in [-0.15, -0.1) is 6.58 Å². The van der Waals surface area contributed by atoms with Gasteiger partial charge in [-0.1, -0.05) is 11.6 Å². The molecule has 0 heterocycles. The lowest BCUT2D eigenvalue weighted by Gasteiger charge is -2.07. The van der Waals surface area contributed by atoms with E-state index in [4.69, 9.17) is 0 Å². The summed E-state index contributed by atoms with van der Waals surface area (Å²) in [7, 11) is 0. The summed E-state index contributed by atoms with van der Waals surface area (Å²) in [5.74, 6) is -0.172. The van der Waals surface area contributed by atoms with E-state index in [2.05, 4.69) is 22.5 Å². The van der Waals surface area contributed by atoms with Gasteiger partial charge in [-0.05, 0) is 38.1 Å². The van der Waals surface area contributed by atoms with Crippen LogP contribution in [0.4, 0.5) is 16.2 Å². The number of benzene rings is 1. The number of allylic oxidation sites excluding steroid dienone is 1. The normalized spacial score (nSPS) is 9.30. The molecule has 0 spiro atoms. The van der Waals surface area contributed by atoms with Crippen LogP contribution < -0.4 is 16.0 Å². The minimum atomic E-state index is -0.300. The first-order chi connectivity index (χ1) is 9.51. The van der Waals surface area contributed by atoms with Gasteiger partial charge in [-0.3, -0.25) is 4.79 Å². The van der Waals surface area contributed by atoms with Gasteiger partial charge in [-0.2, -0.15) is 0 Å². The predicted molar refractivity (Wildman–Crippen MR) is 81.7 cm³/mol. The van der Waals surface area contributed by atoms with Gasteiger partial charge in [0, 0.05) is 24.0 Å². The molecule has 0 aliphatic heterocycles. The number of urea groups is 1. The molecule has 0 saturated carbocycles. The van der Waals surface area contributed by atoms with Gasteiger partial charge in [0.15, 0.2) is 0 Å². The number of amides is 3. The van der Waals surface area contributed by atoms with E-state index in [-0.39, 0.29) is 11.9 Å². The molecule has 0 aliphatic carbocycles. The number of hydrogen-bond donors (Lipinski definition) is 3. The minimum absolute atomic E-state index is 0.172. The highest BCUT2D eigenvalue weighted by Gasteiger charge is 2.01. The average molecular weight is 273 g/mol. The highest BCUT2D eigenvalue weighted by molar-refractivity contribution is 5.99. The first kappa shape index (κ1) is 15.5. The van der Waals surface area contributed by atoms with Gasteiger partial charge >= 0.3 is 6.03 Å². The number of hydrogen-bond acceptors (Lipinski definition) is 2. The Morgan fingerprint density at radius 2 is 1.65 bits per heavy atom. The Bertz CT molecular complexity index is 514. The molecule has 5 heteroatoms. The van der Waals surface area contributed by atoms with Crippen molar-refractivity contribution in [2.75, 3.05) is 17.2 Å². The van der Waals surface area contributed by atoms with E-state index in [1.165, 1.54) is 6.08 Å². The number of nitrogens with one attached hydrogen (secondary N) is 3. The van der Waals surface area contributed by atoms with E-state index >= 15 is 0 Å². The smallest absolute Gasteiger partial charge is 0.319 e. The van der Waals surface area contributed by atoms with E-state index in [0.29, 0.717) is 17.9 Å².